The summed E-state index contributed by atoms with van der Waals surface area (Å²) in [7, 11) is 0. The molecule has 100 valence electrons. The number of hydrogen-bond acceptors (Lipinski definition) is 4. The molecule has 0 aliphatic heterocycles. The molecule has 0 bridgehead atoms. The van der Waals surface area contributed by atoms with Crippen molar-refractivity contribution in [3.63, 3.8) is 0 Å². The fourth-order valence-corrected chi connectivity index (χ4v) is 1.84. The first kappa shape index (κ1) is 13.5. The highest BCUT2D eigenvalue weighted by atomic mass is 35.5. The summed E-state index contributed by atoms with van der Waals surface area (Å²) in [4.78, 5) is 10.7. The summed E-state index contributed by atoms with van der Waals surface area (Å²) in [5.41, 5.74) is 7.65. The lowest BCUT2D eigenvalue weighted by Crippen LogP contribution is -2.32. The highest BCUT2D eigenvalue weighted by Crippen LogP contribution is 2.21. The van der Waals surface area contributed by atoms with Gasteiger partial charge in [0.05, 0.1) is 17.6 Å². The number of carboxylic acids is 1. The topological polar surface area (TPSA) is 94.0 Å². The molecule has 0 saturated carbocycles. The van der Waals surface area contributed by atoms with E-state index in [1.165, 1.54) is 0 Å². The van der Waals surface area contributed by atoms with Crippen molar-refractivity contribution in [2.24, 2.45) is 5.73 Å². The van der Waals surface area contributed by atoms with Gasteiger partial charge in [0.1, 0.15) is 6.04 Å². The van der Waals surface area contributed by atoms with Gasteiger partial charge in [-0.2, -0.15) is 0 Å². The number of carbonyl (C=O) groups is 1. The van der Waals surface area contributed by atoms with Crippen LogP contribution in [0.3, 0.4) is 0 Å². The Labute approximate surface area is 114 Å². The molecule has 3 N–H and O–H groups in total. The van der Waals surface area contributed by atoms with E-state index in [1.807, 2.05) is 19.1 Å². The van der Waals surface area contributed by atoms with E-state index < -0.39 is 12.0 Å². The van der Waals surface area contributed by atoms with Gasteiger partial charge in [-0.25, -0.2) is 4.68 Å². The first-order valence-electron chi connectivity index (χ1n) is 5.64. The minimum atomic E-state index is -1.06. The lowest BCUT2D eigenvalue weighted by atomic mass is 10.2. The number of hydrogen-bond donors (Lipinski definition) is 2. The predicted octanol–water partition coefficient (Wildman–Crippen LogP) is 1.18. The van der Waals surface area contributed by atoms with Crippen LogP contribution in [0, 0.1) is 6.92 Å². The molecule has 0 aliphatic rings. The van der Waals surface area contributed by atoms with E-state index in [4.69, 9.17) is 22.4 Å². The van der Waals surface area contributed by atoms with Gasteiger partial charge in [-0.1, -0.05) is 22.9 Å². The molecular formula is C12H13ClN4O2. The van der Waals surface area contributed by atoms with Gasteiger partial charge in [0.15, 0.2) is 0 Å². The van der Waals surface area contributed by atoms with E-state index >= 15 is 0 Å². The molecule has 1 aromatic heterocycles. The molecular weight excluding hydrogens is 268 g/mol. The molecule has 6 nitrogen and oxygen atoms in total. The second-order valence-corrected chi connectivity index (χ2v) is 4.59. The van der Waals surface area contributed by atoms with Gasteiger partial charge >= 0.3 is 5.97 Å². The summed E-state index contributed by atoms with van der Waals surface area (Å²) in [6.07, 6.45) is 1.79. The highest BCUT2D eigenvalue weighted by molar-refractivity contribution is 6.31. The van der Waals surface area contributed by atoms with Crippen LogP contribution in [-0.4, -0.2) is 32.1 Å². The number of rotatable bonds is 4. The van der Waals surface area contributed by atoms with Gasteiger partial charge < -0.3 is 10.8 Å². The molecule has 1 atom stereocenters. The van der Waals surface area contributed by atoms with Crippen molar-refractivity contribution in [3.05, 3.63) is 40.7 Å². The molecule has 2 rings (SSSR count). The second-order valence-electron chi connectivity index (χ2n) is 4.19. The average molecular weight is 281 g/mol. The maximum Gasteiger partial charge on any atom is 0.320 e. The van der Waals surface area contributed by atoms with Crippen molar-refractivity contribution < 1.29 is 9.90 Å². The van der Waals surface area contributed by atoms with E-state index in [0.29, 0.717) is 10.7 Å². The van der Waals surface area contributed by atoms with Gasteiger partial charge in [-0.05, 0) is 24.6 Å². The molecule has 1 heterocycles. The number of aliphatic carboxylic acids is 1. The van der Waals surface area contributed by atoms with E-state index in [2.05, 4.69) is 10.3 Å². The minimum Gasteiger partial charge on any atom is -0.480 e. The Kier molecular flexibility index (Phi) is 3.82. The first-order chi connectivity index (χ1) is 8.99. The second kappa shape index (κ2) is 5.38. The SMILES string of the molecule is Cc1c(Cl)cccc1-n1cc(CC(N)C(=O)O)nn1. The monoisotopic (exact) mass is 280 g/mol. The average Bonchev–Trinajstić information content (AvgIpc) is 2.81. The Morgan fingerprint density at radius 3 is 3.00 bits per heavy atom. The third-order valence-electron chi connectivity index (χ3n) is 2.77. The van der Waals surface area contributed by atoms with Gasteiger partial charge in [0.2, 0.25) is 0 Å². The Bertz CT molecular complexity index is 612. The third kappa shape index (κ3) is 2.91. The number of benzene rings is 1. The highest BCUT2D eigenvalue weighted by Gasteiger charge is 2.15. The normalized spacial score (nSPS) is 12.4. The van der Waals surface area contributed by atoms with E-state index in [-0.39, 0.29) is 6.42 Å². The maximum absolute atomic E-state index is 10.7. The molecule has 0 saturated heterocycles. The fourth-order valence-electron chi connectivity index (χ4n) is 1.67. The summed E-state index contributed by atoms with van der Waals surface area (Å²) in [5.74, 6) is -1.06. The summed E-state index contributed by atoms with van der Waals surface area (Å²) in [6.45, 7) is 1.88. The Balaban J connectivity index is 2.26. The molecule has 0 radical (unpaired) electrons. The fraction of sp³-hybridized carbons (Fsp3) is 0.250. The van der Waals surface area contributed by atoms with Crippen LogP contribution in [0.2, 0.25) is 5.02 Å². The molecule has 2 aromatic rings. The van der Waals surface area contributed by atoms with Crippen LogP contribution in [0.5, 0.6) is 0 Å². The molecule has 0 amide bonds. The Morgan fingerprint density at radius 2 is 2.32 bits per heavy atom. The summed E-state index contributed by atoms with van der Waals surface area (Å²) in [5, 5.41) is 17.3. The molecule has 19 heavy (non-hydrogen) atoms. The standard InChI is InChI=1S/C12H13ClN4O2/c1-7-9(13)3-2-4-11(7)17-6-8(15-16-17)5-10(14)12(18)19/h2-4,6,10H,5,14H2,1H3,(H,18,19). The van der Waals surface area contributed by atoms with E-state index in [0.717, 1.165) is 11.3 Å². The van der Waals surface area contributed by atoms with Crippen molar-refractivity contribution in [1.82, 2.24) is 15.0 Å². The van der Waals surface area contributed by atoms with Crippen LogP contribution >= 0.6 is 11.6 Å². The summed E-state index contributed by atoms with van der Waals surface area (Å²) >= 11 is 6.04. The van der Waals surface area contributed by atoms with Crippen LogP contribution in [0.25, 0.3) is 5.69 Å². The molecule has 1 unspecified atom stereocenters. The van der Waals surface area contributed by atoms with E-state index in [9.17, 15) is 4.79 Å². The van der Waals surface area contributed by atoms with Crippen molar-refractivity contribution in [2.75, 3.05) is 0 Å². The zero-order valence-electron chi connectivity index (χ0n) is 10.2. The van der Waals surface area contributed by atoms with Gasteiger partial charge in [0.25, 0.3) is 0 Å². The number of nitrogens with zero attached hydrogens (tertiary/aromatic N) is 3. The quantitative estimate of drug-likeness (QED) is 0.877. The van der Waals surface area contributed by atoms with Gasteiger partial charge in [-0.3, -0.25) is 4.79 Å². The zero-order valence-corrected chi connectivity index (χ0v) is 11.0. The van der Waals surface area contributed by atoms with Crippen LogP contribution < -0.4 is 5.73 Å². The van der Waals surface area contributed by atoms with Crippen molar-refractivity contribution in [2.45, 2.75) is 19.4 Å². The molecule has 0 spiro atoms. The van der Waals surface area contributed by atoms with Crippen LogP contribution in [0.15, 0.2) is 24.4 Å². The zero-order chi connectivity index (χ0) is 14.0. The van der Waals surface area contributed by atoms with Gasteiger partial charge in [0, 0.05) is 11.4 Å². The third-order valence-corrected chi connectivity index (χ3v) is 3.18. The van der Waals surface area contributed by atoms with Crippen molar-refractivity contribution in [3.8, 4) is 5.69 Å². The summed E-state index contributed by atoms with van der Waals surface area (Å²) < 4.78 is 1.56. The molecule has 0 aliphatic carbocycles. The lowest BCUT2D eigenvalue weighted by Gasteiger charge is -2.06. The minimum absolute atomic E-state index is 0.134. The van der Waals surface area contributed by atoms with Crippen LogP contribution in [-0.2, 0) is 11.2 Å². The molecule has 7 heteroatoms. The summed E-state index contributed by atoms with van der Waals surface area (Å²) in [6, 6.07) is 4.48. The number of aromatic nitrogens is 3. The van der Waals surface area contributed by atoms with Crippen molar-refractivity contribution in [1.29, 1.82) is 0 Å². The number of halogens is 1. The predicted molar refractivity (Wildman–Crippen MR) is 70.4 cm³/mol. The largest absolute Gasteiger partial charge is 0.480 e. The Morgan fingerprint density at radius 1 is 1.58 bits per heavy atom. The molecule has 1 aromatic carbocycles. The maximum atomic E-state index is 10.7. The van der Waals surface area contributed by atoms with Gasteiger partial charge in [-0.15, -0.1) is 5.10 Å². The van der Waals surface area contributed by atoms with Crippen LogP contribution in [0.4, 0.5) is 0 Å². The van der Waals surface area contributed by atoms with Crippen LogP contribution in [0.1, 0.15) is 11.3 Å². The van der Waals surface area contributed by atoms with Crippen molar-refractivity contribution >= 4 is 17.6 Å². The smallest absolute Gasteiger partial charge is 0.320 e. The first-order valence-corrected chi connectivity index (χ1v) is 6.02. The number of nitrogens with two attached hydrogens (primary N) is 1. The molecule has 0 fully saturated rings. The number of carboxylic acid groups (broad SMARTS) is 1. The lowest BCUT2D eigenvalue weighted by molar-refractivity contribution is -0.138. The Hall–Kier alpha value is -1.92. The van der Waals surface area contributed by atoms with E-state index in [1.54, 1.807) is 16.9 Å².